The zero-order chi connectivity index (χ0) is 13.8. The standard InChI is InChI=1S/C11H14BF4O2.K/c1-8(2)17-5-6-18-11-7-9(13)3-4-10(11)12(14,15)16;/h3-4,7-8H,5-6H2,1-2H3;/q-1;+1. The summed E-state index contributed by atoms with van der Waals surface area (Å²) in [7, 11) is 0. The van der Waals surface area contributed by atoms with Gasteiger partial charge in [0.25, 0.3) is 0 Å². The van der Waals surface area contributed by atoms with Crippen molar-refractivity contribution in [3.05, 3.63) is 24.0 Å². The van der Waals surface area contributed by atoms with Crippen LogP contribution in [0.3, 0.4) is 0 Å². The van der Waals surface area contributed by atoms with Crippen molar-refractivity contribution in [2.24, 2.45) is 0 Å². The summed E-state index contributed by atoms with van der Waals surface area (Å²) >= 11 is 0. The van der Waals surface area contributed by atoms with Crippen LogP contribution in [0.2, 0.25) is 0 Å². The molecular formula is C11H14BF4KO2. The molecular weight excluding hydrogens is 290 g/mol. The predicted octanol–water partition coefficient (Wildman–Crippen LogP) is -0.312. The van der Waals surface area contributed by atoms with Gasteiger partial charge in [-0.15, -0.1) is 0 Å². The van der Waals surface area contributed by atoms with E-state index in [0.29, 0.717) is 6.07 Å². The monoisotopic (exact) mass is 304 g/mol. The third kappa shape index (κ3) is 7.10. The Morgan fingerprint density at radius 1 is 1.16 bits per heavy atom. The molecule has 0 atom stereocenters. The second-order valence-corrected chi connectivity index (χ2v) is 4.02. The molecule has 1 aromatic rings. The van der Waals surface area contributed by atoms with E-state index in [1.165, 1.54) is 0 Å². The molecule has 0 N–H and O–H groups in total. The number of ether oxygens (including phenoxy) is 2. The summed E-state index contributed by atoms with van der Waals surface area (Å²) in [6.07, 6.45) is -0.0348. The van der Waals surface area contributed by atoms with Gasteiger partial charge in [0.2, 0.25) is 0 Å². The molecule has 8 heteroatoms. The zero-order valence-corrected chi connectivity index (χ0v) is 14.3. The van der Waals surface area contributed by atoms with Crippen molar-refractivity contribution in [1.29, 1.82) is 0 Å². The van der Waals surface area contributed by atoms with Crippen LogP contribution in [0.15, 0.2) is 18.2 Å². The first-order chi connectivity index (χ1) is 8.30. The van der Waals surface area contributed by atoms with Crippen molar-refractivity contribution in [2.45, 2.75) is 20.0 Å². The zero-order valence-electron chi connectivity index (χ0n) is 11.1. The molecule has 0 spiro atoms. The Hall–Kier alpha value is 0.401. The summed E-state index contributed by atoms with van der Waals surface area (Å²) in [5, 5.41) is 0. The second kappa shape index (κ2) is 8.64. The fourth-order valence-electron chi connectivity index (χ4n) is 1.34. The summed E-state index contributed by atoms with van der Waals surface area (Å²) in [6, 6.07) is 2.19. The largest absolute Gasteiger partial charge is 1.00 e. The second-order valence-electron chi connectivity index (χ2n) is 4.02. The minimum absolute atomic E-state index is 0. The van der Waals surface area contributed by atoms with Crippen LogP contribution in [0.1, 0.15) is 13.8 Å². The Bertz CT molecular complexity index is 399. The molecule has 0 fully saturated rings. The third-order valence-electron chi connectivity index (χ3n) is 2.12. The quantitative estimate of drug-likeness (QED) is 0.408. The average Bonchev–Trinajstić information content (AvgIpc) is 2.22. The van der Waals surface area contributed by atoms with Gasteiger partial charge in [0.15, 0.2) is 0 Å². The van der Waals surface area contributed by atoms with E-state index in [-0.39, 0.29) is 70.7 Å². The summed E-state index contributed by atoms with van der Waals surface area (Å²) in [5.41, 5.74) is -0.930. The van der Waals surface area contributed by atoms with E-state index in [9.17, 15) is 17.3 Å². The molecule has 0 saturated carbocycles. The van der Waals surface area contributed by atoms with E-state index in [1.807, 2.05) is 0 Å². The molecule has 0 heterocycles. The van der Waals surface area contributed by atoms with Crippen LogP contribution in [-0.2, 0) is 4.74 Å². The van der Waals surface area contributed by atoms with Crippen molar-refractivity contribution in [3.63, 3.8) is 0 Å². The molecule has 0 unspecified atom stereocenters. The van der Waals surface area contributed by atoms with Crippen LogP contribution in [0.5, 0.6) is 5.75 Å². The number of benzene rings is 1. The average molecular weight is 304 g/mol. The van der Waals surface area contributed by atoms with Gasteiger partial charge in [-0.1, -0.05) is 11.5 Å². The van der Waals surface area contributed by atoms with Crippen molar-refractivity contribution in [3.8, 4) is 5.75 Å². The van der Waals surface area contributed by atoms with Gasteiger partial charge in [0, 0.05) is 6.07 Å². The van der Waals surface area contributed by atoms with Crippen molar-refractivity contribution in [1.82, 2.24) is 0 Å². The molecule has 102 valence electrons. The first-order valence-electron chi connectivity index (χ1n) is 5.54. The normalized spacial score (nSPS) is 11.3. The van der Waals surface area contributed by atoms with Gasteiger partial charge in [0.05, 0.1) is 18.5 Å². The molecule has 2 nitrogen and oxygen atoms in total. The van der Waals surface area contributed by atoms with Gasteiger partial charge >= 0.3 is 58.4 Å². The maximum absolute atomic E-state index is 12.9. The Morgan fingerprint density at radius 3 is 2.32 bits per heavy atom. The third-order valence-corrected chi connectivity index (χ3v) is 2.12. The number of hydrogen-bond acceptors (Lipinski definition) is 2. The van der Waals surface area contributed by atoms with Crippen molar-refractivity contribution >= 4 is 12.4 Å². The van der Waals surface area contributed by atoms with Gasteiger partial charge in [-0.2, -0.15) is 0 Å². The van der Waals surface area contributed by atoms with Gasteiger partial charge in [0.1, 0.15) is 12.4 Å². The van der Waals surface area contributed by atoms with Crippen molar-refractivity contribution < 1.29 is 78.2 Å². The molecule has 0 saturated heterocycles. The van der Waals surface area contributed by atoms with Crippen LogP contribution >= 0.6 is 0 Å². The van der Waals surface area contributed by atoms with E-state index in [1.54, 1.807) is 13.8 Å². The first-order valence-corrected chi connectivity index (χ1v) is 5.54. The molecule has 0 amide bonds. The molecule has 0 aromatic heterocycles. The molecule has 1 rings (SSSR count). The maximum atomic E-state index is 12.9. The summed E-state index contributed by atoms with van der Waals surface area (Å²) in [6.45, 7) is -1.53. The van der Waals surface area contributed by atoms with Crippen LogP contribution in [-0.4, -0.2) is 26.3 Å². The fourth-order valence-corrected chi connectivity index (χ4v) is 1.34. The van der Waals surface area contributed by atoms with E-state index >= 15 is 0 Å². The Balaban J connectivity index is 0.00000324. The molecule has 0 bridgehead atoms. The smallest absolute Gasteiger partial charge is 0.494 e. The Labute approximate surface area is 152 Å². The first kappa shape index (κ1) is 19.4. The van der Waals surface area contributed by atoms with Gasteiger partial charge < -0.3 is 22.4 Å². The van der Waals surface area contributed by atoms with E-state index in [2.05, 4.69) is 0 Å². The van der Waals surface area contributed by atoms with Crippen molar-refractivity contribution in [2.75, 3.05) is 13.2 Å². The Morgan fingerprint density at radius 2 is 1.79 bits per heavy atom. The minimum atomic E-state index is -5.22. The molecule has 19 heavy (non-hydrogen) atoms. The van der Waals surface area contributed by atoms with Crippen LogP contribution in [0, 0.1) is 5.82 Å². The number of hydrogen-bond donors (Lipinski definition) is 0. The van der Waals surface area contributed by atoms with Gasteiger partial charge in [-0.3, -0.25) is 0 Å². The fraction of sp³-hybridized carbons (Fsp3) is 0.455. The summed E-state index contributed by atoms with van der Waals surface area (Å²) in [5.74, 6) is -1.26. The topological polar surface area (TPSA) is 18.5 Å². The molecule has 1 aromatic carbocycles. The van der Waals surface area contributed by atoms with Crippen LogP contribution < -0.4 is 61.6 Å². The summed E-state index contributed by atoms with van der Waals surface area (Å²) in [4.78, 5) is 0. The minimum Gasteiger partial charge on any atom is -0.494 e. The molecule has 0 aliphatic heterocycles. The van der Waals surface area contributed by atoms with Gasteiger partial charge in [-0.25, -0.2) is 4.39 Å². The maximum Gasteiger partial charge on any atom is 1.00 e. The number of halogens is 4. The van der Waals surface area contributed by atoms with E-state index in [4.69, 9.17) is 9.47 Å². The molecule has 0 aliphatic carbocycles. The van der Waals surface area contributed by atoms with E-state index in [0.717, 1.165) is 12.1 Å². The van der Waals surface area contributed by atoms with E-state index < -0.39 is 24.0 Å². The van der Waals surface area contributed by atoms with Crippen LogP contribution in [0.25, 0.3) is 0 Å². The van der Waals surface area contributed by atoms with Gasteiger partial charge in [-0.05, 0) is 19.9 Å². The van der Waals surface area contributed by atoms with Crippen LogP contribution in [0.4, 0.5) is 17.3 Å². The summed E-state index contributed by atoms with van der Waals surface area (Å²) < 4.78 is 60.9. The molecule has 0 radical (unpaired) electrons. The Kier molecular flexibility index (Phi) is 8.82. The number of rotatable bonds is 6. The SMILES string of the molecule is CC(C)OCCOc1cc(F)ccc1[B-](F)(F)F.[K+]. The molecule has 0 aliphatic rings. The predicted molar refractivity (Wildman–Crippen MR) is 61.7 cm³/mol.